The van der Waals surface area contributed by atoms with Crippen LogP contribution in [0.5, 0.6) is 0 Å². The van der Waals surface area contributed by atoms with Gasteiger partial charge in [-0.25, -0.2) is 0 Å². The second-order valence-electron chi connectivity index (χ2n) is 4.19. The highest BCUT2D eigenvalue weighted by atomic mass is 35.5. The lowest BCUT2D eigenvalue weighted by Gasteiger charge is -2.08. The van der Waals surface area contributed by atoms with Gasteiger partial charge in [0.15, 0.2) is 0 Å². The number of benzene rings is 1. The zero-order valence-electron chi connectivity index (χ0n) is 10.5. The molecule has 0 heterocycles. The Kier molecular flexibility index (Phi) is 6.15. The Balaban J connectivity index is 2.33. The second-order valence-corrected chi connectivity index (χ2v) is 4.60. The Morgan fingerprint density at radius 2 is 2.00 bits per heavy atom. The van der Waals surface area contributed by atoms with Gasteiger partial charge in [0.25, 0.3) is 0 Å². The van der Waals surface area contributed by atoms with E-state index >= 15 is 0 Å². The molecule has 104 valence electrons. The van der Waals surface area contributed by atoms with Gasteiger partial charge < -0.3 is 16.2 Å². The summed E-state index contributed by atoms with van der Waals surface area (Å²) in [6.07, 6.45) is 2.58. The Hall–Kier alpha value is -1.75. The standard InChI is InChI=1S/C13H17ClN2O3/c14-10-8-9(13(15)19)5-6-11(10)16-7-3-1-2-4-12(17)18/h5-6,8,16H,1-4,7H2,(H2,15,19)(H,17,18). The van der Waals surface area contributed by atoms with Gasteiger partial charge >= 0.3 is 5.97 Å². The number of carboxylic acid groups (broad SMARTS) is 1. The van der Waals surface area contributed by atoms with Crippen molar-refractivity contribution in [2.75, 3.05) is 11.9 Å². The van der Waals surface area contributed by atoms with Crippen LogP contribution in [0, 0.1) is 0 Å². The number of hydrogen-bond donors (Lipinski definition) is 3. The Morgan fingerprint density at radius 1 is 1.26 bits per heavy atom. The number of nitrogens with two attached hydrogens (primary N) is 1. The molecular weight excluding hydrogens is 268 g/mol. The molecule has 0 fully saturated rings. The third-order valence-corrected chi connectivity index (χ3v) is 2.95. The first kappa shape index (κ1) is 15.3. The minimum atomic E-state index is -0.766. The number of carbonyl (C=O) groups is 2. The van der Waals surface area contributed by atoms with Crippen molar-refractivity contribution < 1.29 is 14.7 Å². The molecule has 0 spiro atoms. The predicted molar refractivity (Wildman–Crippen MR) is 74.6 cm³/mol. The van der Waals surface area contributed by atoms with Crippen LogP contribution in [0.25, 0.3) is 0 Å². The number of amides is 1. The van der Waals surface area contributed by atoms with Gasteiger partial charge in [0, 0.05) is 18.5 Å². The molecular formula is C13H17ClN2O3. The van der Waals surface area contributed by atoms with E-state index in [9.17, 15) is 9.59 Å². The molecule has 1 rings (SSSR count). The summed E-state index contributed by atoms with van der Waals surface area (Å²) in [5, 5.41) is 12.1. The predicted octanol–water partition coefficient (Wildman–Crippen LogP) is 2.50. The van der Waals surface area contributed by atoms with Crippen molar-refractivity contribution in [1.82, 2.24) is 0 Å². The van der Waals surface area contributed by atoms with Crippen LogP contribution in [-0.2, 0) is 4.79 Å². The van der Waals surface area contributed by atoms with Gasteiger partial charge in [-0.3, -0.25) is 9.59 Å². The number of aliphatic carboxylic acids is 1. The van der Waals surface area contributed by atoms with Gasteiger partial charge in [0.1, 0.15) is 0 Å². The van der Waals surface area contributed by atoms with E-state index < -0.39 is 11.9 Å². The highest BCUT2D eigenvalue weighted by Gasteiger charge is 2.05. The van der Waals surface area contributed by atoms with Crippen LogP contribution >= 0.6 is 11.6 Å². The van der Waals surface area contributed by atoms with E-state index in [0.717, 1.165) is 18.5 Å². The van der Waals surface area contributed by atoms with Crippen molar-refractivity contribution in [2.24, 2.45) is 5.73 Å². The number of primary amides is 1. The number of carboxylic acids is 1. The molecule has 0 unspecified atom stereocenters. The quantitative estimate of drug-likeness (QED) is 0.640. The van der Waals surface area contributed by atoms with E-state index in [-0.39, 0.29) is 6.42 Å². The first-order valence-corrected chi connectivity index (χ1v) is 6.43. The Bertz CT molecular complexity index is 463. The van der Waals surface area contributed by atoms with Gasteiger partial charge in [0.05, 0.1) is 10.7 Å². The summed E-state index contributed by atoms with van der Waals surface area (Å²) >= 11 is 6.01. The lowest BCUT2D eigenvalue weighted by Crippen LogP contribution is -2.11. The van der Waals surface area contributed by atoms with E-state index in [0.29, 0.717) is 23.6 Å². The first-order chi connectivity index (χ1) is 9.00. The Morgan fingerprint density at radius 3 is 2.58 bits per heavy atom. The van der Waals surface area contributed by atoms with Gasteiger partial charge in [-0.15, -0.1) is 0 Å². The van der Waals surface area contributed by atoms with E-state index in [4.69, 9.17) is 22.4 Å². The maximum absolute atomic E-state index is 10.9. The number of anilines is 1. The van der Waals surface area contributed by atoms with Crippen molar-refractivity contribution >= 4 is 29.2 Å². The molecule has 0 atom stereocenters. The SMILES string of the molecule is NC(=O)c1ccc(NCCCCCC(=O)O)c(Cl)c1. The fraction of sp³-hybridized carbons (Fsp3) is 0.385. The molecule has 5 nitrogen and oxygen atoms in total. The topological polar surface area (TPSA) is 92.4 Å². The van der Waals surface area contributed by atoms with Crippen LogP contribution in [0.4, 0.5) is 5.69 Å². The number of unbranched alkanes of at least 4 members (excludes halogenated alkanes) is 2. The first-order valence-electron chi connectivity index (χ1n) is 6.05. The zero-order chi connectivity index (χ0) is 14.3. The molecule has 19 heavy (non-hydrogen) atoms. The monoisotopic (exact) mass is 284 g/mol. The van der Waals surface area contributed by atoms with Gasteiger partial charge in [-0.2, -0.15) is 0 Å². The largest absolute Gasteiger partial charge is 0.481 e. The fourth-order valence-electron chi connectivity index (χ4n) is 1.61. The lowest BCUT2D eigenvalue weighted by atomic mass is 10.1. The van der Waals surface area contributed by atoms with E-state index in [1.807, 2.05) is 0 Å². The molecule has 0 saturated heterocycles. The van der Waals surface area contributed by atoms with E-state index in [2.05, 4.69) is 5.32 Å². The van der Waals surface area contributed by atoms with Crippen molar-refractivity contribution in [3.8, 4) is 0 Å². The average molecular weight is 285 g/mol. The van der Waals surface area contributed by atoms with Gasteiger partial charge in [0.2, 0.25) is 5.91 Å². The van der Waals surface area contributed by atoms with Crippen LogP contribution < -0.4 is 11.1 Å². The molecule has 0 aliphatic carbocycles. The van der Waals surface area contributed by atoms with Crippen molar-refractivity contribution in [1.29, 1.82) is 0 Å². The van der Waals surface area contributed by atoms with Crippen molar-refractivity contribution in [3.05, 3.63) is 28.8 Å². The fourth-order valence-corrected chi connectivity index (χ4v) is 1.86. The summed E-state index contributed by atoms with van der Waals surface area (Å²) in [6.45, 7) is 0.704. The number of rotatable bonds is 8. The average Bonchev–Trinajstić information content (AvgIpc) is 2.34. The van der Waals surface area contributed by atoms with Gasteiger partial charge in [-0.1, -0.05) is 18.0 Å². The number of nitrogens with one attached hydrogen (secondary N) is 1. The number of hydrogen-bond acceptors (Lipinski definition) is 3. The summed E-state index contributed by atoms with van der Waals surface area (Å²) in [4.78, 5) is 21.3. The molecule has 0 radical (unpaired) electrons. The van der Waals surface area contributed by atoms with Crippen LogP contribution in [0.15, 0.2) is 18.2 Å². The van der Waals surface area contributed by atoms with Gasteiger partial charge in [-0.05, 0) is 31.0 Å². The summed E-state index contributed by atoms with van der Waals surface area (Å²) < 4.78 is 0. The van der Waals surface area contributed by atoms with Crippen LogP contribution in [0.3, 0.4) is 0 Å². The summed E-state index contributed by atoms with van der Waals surface area (Å²) in [7, 11) is 0. The maximum Gasteiger partial charge on any atom is 0.303 e. The molecule has 1 amide bonds. The maximum atomic E-state index is 10.9. The minimum Gasteiger partial charge on any atom is -0.481 e. The zero-order valence-corrected chi connectivity index (χ0v) is 11.2. The summed E-state index contributed by atoms with van der Waals surface area (Å²) in [5.41, 5.74) is 6.26. The Labute approximate surface area is 116 Å². The van der Waals surface area contributed by atoms with Crippen LogP contribution in [0.1, 0.15) is 36.0 Å². The molecule has 0 aliphatic heterocycles. The van der Waals surface area contributed by atoms with Crippen molar-refractivity contribution in [2.45, 2.75) is 25.7 Å². The summed E-state index contributed by atoms with van der Waals surface area (Å²) in [5.74, 6) is -1.28. The number of halogens is 1. The molecule has 0 bridgehead atoms. The molecule has 0 aromatic heterocycles. The van der Waals surface area contributed by atoms with Crippen molar-refractivity contribution in [3.63, 3.8) is 0 Å². The molecule has 6 heteroatoms. The third-order valence-electron chi connectivity index (χ3n) is 2.64. The number of carbonyl (C=O) groups excluding carboxylic acids is 1. The highest BCUT2D eigenvalue weighted by Crippen LogP contribution is 2.22. The van der Waals surface area contributed by atoms with Crippen LogP contribution in [0.2, 0.25) is 5.02 Å². The molecule has 1 aromatic carbocycles. The minimum absolute atomic E-state index is 0.202. The summed E-state index contributed by atoms with van der Waals surface area (Å²) in [6, 6.07) is 4.84. The molecule has 0 aliphatic rings. The highest BCUT2D eigenvalue weighted by molar-refractivity contribution is 6.33. The van der Waals surface area contributed by atoms with Crippen LogP contribution in [-0.4, -0.2) is 23.5 Å². The molecule has 0 saturated carbocycles. The normalized spacial score (nSPS) is 10.2. The third kappa shape index (κ3) is 5.61. The van der Waals surface area contributed by atoms with E-state index in [1.165, 1.54) is 6.07 Å². The van der Waals surface area contributed by atoms with E-state index in [1.54, 1.807) is 12.1 Å². The molecule has 1 aromatic rings. The smallest absolute Gasteiger partial charge is 0.303 e. The molecule has 4 N–H and O–H groups in total. The lowest BCUT2D eigenvalue weighted by molar-refractivity contribution is -0.137. The second kappa shape index (κ2) is 7.63.